The second-order valence-corrected chi connectivity index (χ2v) is 10.3. The zero-order chi connectivity index (χ0) is 24.8. The van der Waals surface area contributed by atoms with Crippen molar-refractivity contribution in [3.8, 4) is 0 Å². The third kappa shape index (κ3) is 5.35. The lowest BCUT2D eigenvalue weighted by atomic mass is 9.70. The van der Waals surface area contributed by atoms with E-state index in [1.807, 2.05) is 6.92 Å². The van der Waals surface area contributed by atoms with Gasteiger partial charge in [-0.15, -0.1) is 0 Å². The maximum atomic E-state index is 13.7. The van der Waals surface area contributed by atoms with E-state index in [-0.39, 0.29) is 30.4 Å². The average Bonchev–Trinajstić information content (AvgIpc) is 3.50. The van der Waals surface area contributed by atoms with Gasteiger partial charge in [-0.3, -0.25) is 19.3 Å². The molecule has 4 fully saturated rings. The lowest BCUT2D eigenvalue weighted by molar-refractivity contribution is -0.142. The van der Waals surface area contributed by atoms with Crippen LogP contribution in [0, 0.1) is 11.8 Å². The van der Waals surface area contributed by atoms with Gasteiger partial charge < -0.3 is 30.1 Å². The van der Waals surface area contributed by atoms with Crippen molar-refractivity contribution in [1.29, 1.82) is 0 Å². The number of carbonyl (C=O) groups excluding carboxylic acids is 3. The fourth-order valence-electron chi connectivity index (χ4n) is 6.37. The summed E-state index contributed by atoms with van der Waals surface area (Å²) in [5.74, 6) is -1.58. The predicted octanol–water partition coefficient (Wildman–Crippen LogP) is -0.112. The van der Waals surface area contributed by atoms with Crippen molar-refractivity contribution in [2.24, 2.45) is 11.8 Å². The van der Waals surface area contributed by atoms with Crippen LogP contribution in [0.4, 0.5) is 0 Å². The summed E-state index contributed by atoms with van der Waals surface area (Å²) < 4.78 is 11.8. The third-order valence-electron chi connectivity index (χ3n) is 8.04. The molecule has 4 rings (SSSR count). The highest BCUT2D eigenvalue weighted by Gasteiger charge is 2.74. The molecule has 35 heavy (non-hydrogen) atoms. The van der Waals surface area contributed by atoms with E-state index in [1.165, 1.54) is 0 Å². The number of nitrogens with one attached hydrogen (secondary N) is 2. The maximum absolute atomic E-state index is 13.7. The van der Waals surface area contributed by atoms with Gasteiger partial charge in [0.05, 0.1) is 31.2 Å². The zero-order valence-corrected chi connectivity index (χ0v) is 21.0. The Bertz CT molecular complexity index is 760. The van der Waals surface area contributed by atoms with E-state index < -0.39 is 23.5 Å². The summed E-state index contributed by atoms with van der Waals surface area (Å²) in [6, 6.07) is -0.712. The first-order valence-corrected chi connectivity index (χ1v) is 13.5. The van der Waals surface area contributed by atoms with Gasteiger partial charge in [0, 0.05) is 45.9 Å². The molecule has 0 aromatic heterocycles. The molecule has 0 aromatic carbocycles. The Morgan fingerprint density at radius 3 is 2.54 bits per heavy atom. The summed E-state index contributed by atoms with van der Waals surface area (Å²) in [7, 11) is 0. The second-order valence-electron chi connectivity index (χ2n) is 10.3. The van der Waals surface area contributed by atoms with Gasteiger partial charge in [-0.25, -0.2) is 0 Å². The number of rotatable bonds is 13. The number of unbranched alkanes of at least 4 members (excludes halogenated alkanes) is 3. The Morgan fingerprint density at radius 2 is 1.80 bits per heavy atom. The monoisotopic (exact) mass is 494 g/mol. The lowest BCUT2D eigenvalue weighted by Crippen LogP contribution is -2.56. The summed E-state index contributed by atoms with van der Waals surface area (Å²) in [6.45, 7) is 7.52. The van der Waals surface area contributed by atoms with Gasteiger partial charge >= 0.3 is 0 Å². The molecule has 0 radical (unpaired) electrons. The van der Waals surface area contributed by atoms with Gasteiger partial charge in [-0.1, -0.05) is 19.8 Å². The quantitative estimate of drug-likeness (QED) is 0.306. The van der Waals surface area contributed by atoms with E-state index in [2.05, 4.69) is 15.5 Å². The molecule has 5 atom stereocenters. The molecule has 4 heterocycles. The smallest absolute Gasteiger partial charge is 0.245 e. The minimum absolute atomic E-state index is 0.126. The number of hydrogen-bond donors (Lipinski definition) is 3. The maximum Gasteiger partial charge on any atom is 0.245 e. The molecule has 0 saturated carbocycles. The molecule has 4 aliphatic heterocycles. The number of likely N-dealkylation sites (tertiary alicyclic amines) is 1. The Labute approximate surface area is 208 Å². The van der Waals surface area contributed by atoms with Crippen molar-refractivity contribution in [2.45, 2.75) is 69.6 Å². The zero-order valence-electron chi connectivity index (χ0n) is 21.0. The van der Waals surface area contributed by atoms with Crippen molar-refractivity contribution in [1.82, 2.24) is 20.4 Å². The number of aliphatic hydroxyl groups is 1. The Kier molecular flexibility index (Phi) is 9.02. The number of nitrogens with zero attached hydrogens (tertiary/aromatic N) is 2. The highest BCUT2D eigenvalue weighted by Crippen LogP contribution is 2.58. The van der Waals surface area contributed by atoms with Crippen LogP contribution in [0.3, 0.4) is 0 Å². The lowest BCUT2D eigenvalue weighted by Gasteiger charge is -2.34. The molecule has 3 amide bonds. The summed E-state index contributed by atoms with van der Waals surface area (Å²) in [4.78, 5) is 44.3. The third-order valence-corrected chi connectivity index (χ3v) is 8.04. The highest BCUT2D eigenvalue weighted by atomic mass is 16.5. The van der Waals surface area contributed by atoms with Crippen molar-refractivity contribution < 1.29 is 29.0 Å². The van der Waals surface area contributed by atoms with Crippen molar-refractivity contribution >= 4 is 17.7 Å². The number of carbonyl (C=O) groups is 3. The summed E-state index contributed by atoms with van der Waals surface area (Å²) in [5, 5.41) is 15.1. The van der Waals surface area contributed by atoms with Crippen LogP contribution in [0.2, 0.25) is 0 Å². The van der Waals surface area contributed by atoms with Crippen LogP contribution in [0.25, 0.3) is 0 Å². The number of amides is 3. The average molecular weight is 495 g/mol. The molecule has 1 spiro atoms. The molecule has 4 aliphatic rings. The molecule has 4 saturated heterocycles. The van der Waals surface area contributed by atoms with Crippen molar-refractivity contribution in [2.75, 3.05) is 59.1 Å². The van der Waals surface area contributed by atoms with Crippen LogP contribution in [0.1, 0.15) is 51.9 Å². The van der Waals surface area contributed by atoms with Gasteiger partial charge in [0.2, 0.25) is 17.7 Å². The number of aliphatic hydroxyl groups excluding tert-OH is 1. The molecular formula is C25H42N4O6. The minimum atomic E-state index is -0.926. The Hall–Kier alpha value is -1.75. The van der Waals surface area contributed by atoms with Crippen LogP contribution < -0.4 is 10.6 Å². The highest BCUT2D eigenvalue weighted by molar-refractivity contribution is 5.98. The molecule has 198 valence electrons. The van der Waals surface area contributed by atoms with Gasteiger partial charge in [0.1, 0.15) is 11.6 Å². The topological polar surface area (TPSA) is 120 Å². The van der Waals surface area contributed by atoms with Gasteiger partial charge in [-0.2, -0.15) is 0 Å². The van der Waals surface area contributed by atoms with Gasteiger partial charge in [0.15, 0.2) is 0 Å². The number of morpholine rings is 1. The van der Waals surface area contributed by atoms with Crippen LogP contribution >= 0.6 is 0 Å². The van der Waals surface area contributed by atoms with Crippen LogP contribution in [0.15, 0.2) is 0 Å². The first-order valence-electron chi connectivity index (χ1n) is 13.5. The SMILES string of the molecule is CCCNC(=O)[C@@H]1[C@@H]2CCC3(O2)C(C(=O)NCCN2CCOCC2)N(CCCCCCO)C(=O)[C@H]13. The first-order chi connectivity index (χ1) is 17.0. The standard InChI is InChI=1S/C25H42N4O6/c1-2-9-26-22(31)19-18-7-8-25(35-18)20(19)24(33)29(11-5-3-4-6-15-30)21(25)23(32)27-10-12-28-13-16-34-17-14-28/h18-21,30H,2-17H2,1H3,(H,26,31)(H,27,32)/t18-,19+,20-,21?,25?/m0/s1. The second kappa shape index (κ2) is 12.0. The van der Waals surface area contributed by atoms with E-state index in [1.54, 1.807) is 4.90 Å². The number of ether oxygens (including phenoxy) is 2. The van der Waals surface area contributed by atoms with Crippen LogP contribution in [-0.2, 0) is 23.9 Å². The largest absolute Gasteiger partial charge is 0.396 e. The van der Waals surface area contributed by atoms with Crippen molar-refractivity contribution in [3.63, 3.8) is 0 Å². The summed E-state index contributed by atoms with van der Waals surface area (Å²) >= 11 is 0. The molecule has 10 heteroatoms. The van der Waals surface area contributed by atoms with Gasteiger partial charge in [0.25, 0.3) is 0 Å². The Morgan fingerprint density at radius 1 is 1.06 bits per heavy atom. The first kappa shape index (κ1) is 26.3. The Balaban J connectivity index is 1.47. The van der Waals surface area contributed by atoms with Crippen molar-refractivity contribution in [3.05, 3.63) is 0 Å². The number of hydrogen-bond acceptors (Lipinski definition) is 7. The summed E-state index contributed by atoms with van der Waals surface area (Å²) in [5.41, 5.74) is -0.926. The minimum Gasteiger partial charge on any atom is -0.396 e. The van der Waals surface area contributed by atoms with E-state index in [0.717, 1.165) is 51.7 Å². The van der Waals surface area contributed by atoms with E-state index >= 15 is 0 Å². The fourth-order valence-corrected chi connectivity index (χ4v) is 6.37. The van der Waals surface area contributed by atoms with E-state index in [0.29, 0.717) is 45.7 Å². The molecule has 2 unspecified atom stereocenters. The van der Waals surface area contributed by atoms with Crippen LogP contribution in [-0.4, -0.2) is 109 Å². The fraction of sp³-hybridized carbons (Fsp3) is 0.880. The van der Waals surface area contributed by atoms with Gasteiger partial charge in [-0.05, 0) is 32.1 Å². The molecule has 0 aromatic rings. The molecule has 2 bridgehead atoms. The predicted molar refractivity (Wildman–Crippen MR) is 128 cm³/mol. The van der Waals surface area contributed by atoms with E-state index in [9.17, 15) is 14.4 Å². The normalized spacial score (nSPS) is 32.2. The molecule has 3 N–H and O–H groups in total. The molecule has 0 aliphatic carbocycles. The molecule has 10 nitrogen and oxygen atoms in total. The summed E-state index contributed by atoms with van der Waals surface area (Å²) in [6.07, 6.45) is 5.06. The van der Waals surface area contributed by atoms with E-state index in [4.69, 9.17) is 14.6 Å². The van der Waals surface area contributed by atoms with Crippen LogP contribution in [0.5, 0.6) is 0 Å². The number of fused-ring (bicyclic) bond motifs is 1. The molecular weight excluding hydrogens is 452 g/mol.